The van der Waals surface area contributed by atoms with Crippen LogP contribution in [0.15, 0.2) is 49.1 Å². The maximum absolute atomic E-state index is 13.1. The van der Waals surface area contributed by atoms with Crippen molar-refractivity contribution in [1.82, 2.24) is 0 Å². The minimum absolute atomic E-state index is 0.0955. The number of anilines is 1. The SMILES string of the molecule is C=CCOc1ccc(CNc2ccc(F)c(Cl)c2)cc1OCC. The van der Waals surface area contributed by atoms with Gasteiger partial charge in [0, 0.05) is 12.2 Å². The smallest absolute Gasteiger partial charge is 0.161 e. The van der Waals surface area contributed by atoms with Gasteiger partial charge in [0.25, 0.3) is 0 Å². The van der Waals surface area contributed by atoms with E-state index in [1.54, 1.807) is 18.2 Å². The average molecular weight is 336 g/mol. The molecular weight excluding hydrogens is 317 g/mol. The van der Waals surface area contributed by atoms with Crippen LogP contribution in [0.1, 0.15) is 12.5 Å². The monoisotopic (exact) mass is 335 g/mol. The topological polar surface area (TPSA) is 30.5 Å². The van der Waals surface area contributed by atoms with Crippen LogP contribution in [0, 0.1) is 5.82 Å². The van der Waals surface area contributed by atoms with E-state index in [0.29, 0.717) is 31.3 Å². The molecule has 23 heavy (non-hydrogen) atoms. The van der Waals surface area contributed by atoms with Crippen molar-refractivity contribution in [3.8, 4) is 11.5 Å². The highest BCUT2D eigenvalue weighted by molar-refractivity contribution is 6.31. The third kappa shape index (κ3) is 4.89. The van der Waals surface area contributed by atoms with Crippen LogP contribution in [-0.4, -0.2) is 13.2 Å². The first kappa shape index (κ1) is 17.2. The first-order valence-electron chi connectivity index (χ1n) is 7.32. The van der Waals surface area contributed by atoms with Gasteiger partial charge < -0.3 is 14.8 Å². The van der Waals surface area contributed by atoms with Gasteiger partial charge in [0.05, 0.1) is 11.6 Å². The van der Waals surface area contributed by atoms with Crippen molar-refractivity contribution in [3.05, 3.63) is 65.5 Å². The lowest BCUT2D eigenvalue weighted by Crippen LogP contribution is -2.03. The third-order valence-corrected chi connectivity index (χ3v) is 3.37. The molecule has 122 valence electrons. The Balaban J connectivity index is 2.08. The van der Waals surface area contributed by atoms with Gasteiger partial charge in [-0.25, -0.2) is 4.39 Å². The van der Waals surface area contributed by atoms with E-state index >= 15 is 0 Å². The third-order valence-electron chi connectivity index (χ3n) is 3.08. The van der Waals surface area contributed by atoms with Crippen molar-refractivity contribution >= 4 is 17.3 Å². The van der Waals surface area contributed by atoms with Gasteiger partial charge >= 0.3 is 0 Å². The molecule has 0 aromatic heterocycles. The average Bonchev–Trinajstić information content (AvgIpc) is 2.55. The molecule has 0 radical (unpaired) electrons. The number of rotatable bonds is 8. The molecule has 0 saturated heterocycles. The van der Waals surface area contributed by atoms with Crippen LogP contribution in [0.2, 0.25) is 5.02 Å². The highest BCUT2D eigenvalue weighted by Crippen LogP contribution is 2.29. The quantitative estimate of drug-likeness (QED) is 0.684. The summed E-state index contributed by atoms with van der Waals surface area (Å²) >= 11 is 5.77. The Hall–Kier alpha value is -2.20. The molecule has 0 atom stereocenters. The minimum Gasteiger partial charge on any atom is -0.490 e. The van der Waals surface area contributed by atoms with E-state index in [2.05, 4.69) is 11.9 Å². The molecule has 5 heteroatoms. The molecule has 0 amide bonds. The molecule has 0 spiro atoms. The Morgan fingerprint density at radius 1 is 1.17 bits per heavy atom. The van der Waals surface area contributed by atoms with Gasteiger partial charge in [0.2, 0.25) is 0 Å². The van der Waals surface area contributed by atoms with Crippen LogP contribution < -0.4 is 14.8 Å². The lowest BCUT2D eigenvalue weighted by atomic mass is 10.2. The van der Waals surface area contributed by atoms with Gasteiger partial charge in [-0.2, -0.15) is 0 Å². The summed E-state index contributed by atoms with van der Waals surface area (Å²) in [5.74, 6) is 0.936. The van der Waals surface area contributed by atoms with Crippen molar-refractivity contribution in [2.24, 2.45) is 0 Å². The summed E-state index contributed by atoms with van der Waals surface area (Å²) in [4.78, 5) is 0. The first-order chi connectivity index (χ1) is 11.1. The highest BCUT2D eigenvalue weighted by Gasteiger charge is 2.07. The summed E-state index contributed by atoms with van der Waals surface area (Å²) < 4.78 is 24.3. The van der Waals surface area contributed by atoms with Crippen LogP contribution in [-0.2, 0) is 6.54 Å². The van der Waals surface area contributed by atoms with Crippen LogP contribution in [0.4, 0.5) is 10.1 Å². The van der Waals surface area contributed by atoms with E-state index in [1.807, 2.05) is 25.1 Å². The number of benzene rings is 2. The molecule has 0 fully saturated rings. The van der Waals surface area contributed by atoms with Gasteiger partial charge in [0.1, 0.15) is 12.4 Å². The largest absolute Gasteiger partial charge is 0.490 e. The zero-order chi connectivity index (χ0) is 16.7. The van der Waals surface area contributed by atoms with Gasteiger partial charge in [-0.1, -0.05) is 30.3 Å². The minimum atomic E-state index is -0.431. The molecular formula is C18H19ClFNO2. The van der Waals surface area contributed by atoms with Crippen LogP contribution in [0.5, 0.6) is 11.5 Å². The van der Waals surface area contributed by atoms with Crippen molar-refractivity contribution in [1.29, 1.82) is 0 Å². The second-order valence-corrected chi connectivity index (χ2v) is 5.20. The predicted molar refractivity (Wildman–Crippen MR) is 92.0 cm³/mol. The maximum atomic E-state index is 13.1. The number of halogens is 2. The molecule has 0 aliphatic heterocycles. The molecule has 0 aliphatic rings. The van der Waals surface area contributed by atoms with Crippen molar-refractivity contribution in [2.45, 2.75) is 13.5 Å². The van der Waals surface area contributed by atoms with E-state index in [-0.39, 0.29) is 5.02 Å². The van der Waals surface area contributed by atoms with Gasteiger partial charge in [-0.3, -0.25) is 0 Å². The Bertz CT molecular complexity index is 676. The van der Waals surface area contributed by atoms with E-state index in [9.17, 15) is 4.39 Å². The number of hydrogen-bond donors (Lipinski definition) is 1. The Morgan fingerprint density at radius 2 is 2.00 bits per heavy atom. The molecule has 0 saturated carbocycles. The number of nitrogens with one attached hydrogen (secondary N) is 1. The highest BCUT2D eigenvalue weighted by atomic mass is 35.5. The van der Waals surface area contributed by atoms with E-state index in [0.717, 1.165) is 11.3 Å². The van der Waals surface area contributed by atoms with Crippen molar-refractivity contribution in [2.75, 3.05) is 18.5 Å². The number of ether oxygens (including phenoxy) is 2. The molecule has 2 rings (SSSR count). The summed E-state index contributed by atoms with van der Waals surface area (Å²) in [5.41, 5.74) is 1.76. The molecule has 2 aromatic carbocycles. The van der Waals surface area contributed by atoms with Gasteiger partial charge in [0.15, 0.2) is 11.5 Å². The first-order valence-corrected chi connectivity index (χ1v) is 7.70. The van der Waals surface area contributed by atoms with E-state index in [1.165, 1.54) is 6.07 Å². The summed E-state index contributed by atoms with van der Waals surface area (Å²) in [6.45, 7) is 7.08. The standard InChI is InChI=1S/C18H19ClFNO2/c1-3-9-23-17-8-5-13(10-18(17)22-4-2)12-21-14-6-7-16(20)15(19)11-14/h3,5-8,10-11,21H,1,4,9,12H2,2H3. The Kier molecular flexibility index (Phi) is 6.29. The molecule has 1 N–H and O–H groups in total. The molecule has 3 nitrogen and oxygen atoms in total. The van der Waals surface area contributed by atoms with Crippen LogP contribution in [0.3, 0.4) is 0 Å². The molecule has 0 bridgehead atoms. The normalized spacial score (nSPS) is 10.2. The van der Waals surface area contributed by atoms with Crippen LogP contribution in [0.25, 0.3) is 0 Å². The van der Waals surface area contributed by atoms with Gasteiger partial charge in [-0.05, 0) is 42.8 Å². The van der Waals surface area contributed by atoms with Crippen molar-refractivity contribution in [3.63, 3.8) is 0 Å². The summed E-state index contributed by atoms with van der Waals surface area (Å²) in [7, 11) is 0. The zero-order valence-electron chi connectivity index (χ0n) is 12.9. The summed E-state index contributed by atoms with van der Waals surface area (Å²) in [5, 5.41) is 3.29. The van der Waals surface area contributed by atoms with Crippen molar-refractivity contribution < 1.29 is 13.9 Å². The number of hydrogen-bond acceptors (Lipinski definition) is 3. The maximum Gasteiger partial charge on any atom is 0.161 e. The summed E-state index contributed by atoms with van der Waals surface area (Å²) in [6.07, 6.45) is 1.68. The van der Waals surface area contributed by atoms with Gasteiger partial charge in [-0.15, -0.1) is 0 Å². The second-order valence-electron chi connectivity index (χ2n) is 4.80. The fourth-order valence-corrected chi connectivity index (χ4v) is 2.19. The molecule has 0 unspecified atom stereocenters. The predicted octanol–water partition coefficient (Wildman–Crippen LogP) is 5.05. The van der Waals surface area contributed by atoms with E-state index in [4.69, 9.17) is 21.1 Å². The lowest BCUT2D eigenvalue weighted by molar-refractivity contribution is 0.296. The second kappa shape index (κ2) is 8.44. The summed E-state index contributed by atoms with van der Waals surface area (Å²) in [6, 6.07) is 10.3. The molecule has 0 aliphatic carbocycles. The van der Waals surface area contributed by atoms with Crippen LogP contribution >= 0.6 is 11.6 Å². The zero-order valence-corrected chi connectivity index (χ0v) is 13.7. The Morgan fingerprint density at radius 3 is 2.70 bits per heavy atom. The molecule has 0 heterocycles. The lowest BCUT2D eigenvalue weighted by Gasteiger charge is -2.13. The fraction of sp³-hybridized carbons (Fsp3) is 0.222. The van der Waals surface area contributed by atoms with E-state index < -0.39 is 5.82 Å². The Labute approximate surface area is 140 Å². The fourth-order valence-electron chi connectivity index (χ4n) is 2.01. The molecule has 2 aromatic rings.